The Bertz CT molecular complexity index is 732. The molecule has 0 aromatic carbocycles. The second-order valence-electron chi connectivity index (χ2n) is 6.35. The lowest BCUT2D eigenvalue weighted by Crippen LogP contribution is -2.49. The highest BCUT2D eigenvalue weighted by Crippen LogP contribution is 2.27. The number of amides is 1. The van der Waals surface area contributed by atoms with Crippen molar-refractivity contribution in [3.63, 3.8) is 0 Å². The standard InChI is InChI=1S/C17H21N5O2S/c1-12-14(21-7-9-24-10-8-21)3-6-22(12)17(23)13-11-25-16(20-13)15-18-4-2-5-19-15/h2,4-5,11-12,14H,3,6-10H2,1H3/t12-,14-/m1/s1. The van der Waals surface area contributed by atoms with Crippen molar-refractivity contribution >= 4 is 17.2 Å². The van der Waals surface area contributed by atoms with Gasteiger partial charge in [-0.05, 0) is 19.4 Å². The van der Waals surface area contributed by atoms with Crippen molar-refractivity contribution in [3.8, 4) is 10.8 Å². The van der Waals surface area contributed by atoms with Gasteiger partial charge in [0.15, 0.2) is 10.8 Å². The lowest BCUT2D eigenvalue weighted by atomic mass is 10.1. The second kappa shape index (κ2) is 7.15. The van der Waals surface area contributed by atoms with Crippen LogP contribution >= 0.6 is 11.3 Å². The Morgan fingerprint density at radius 1 is 1.24 bits per heavy atom. The van der Waals surface area contributed by atoms with Gasteiger partial charge in [-0.3, -0.25) is 9.69 Å². The summed E-state index contributed by atoms with van der Waals surface area (Å²) < 4.78 is 5.44. The molecular formula is C17H21N5O2S. The lowest BCUT2D eigenvalue weighted by molar-refractivity contribution is 0.0104. The van der Waals surface area contributed by atoms with E-state index in [4.69, 9.17) is 4.74 Å². The molecule has 0 radical (unpaired) electrons. The Morgan fingerprint density at radius 3 is 2.76 bits per heavy atom. The Hall–Kier alpha value is -1.90. The van der Waals surface area contributed by atoms with Crippen molar-refractivity contribution in [2.24, 2.45) is 0 Å². The molecule has 132 valence electrons. The van der Waals surface area contributed by atoms with Crippen molar-refractivity contribution in [2.75, 3.05) is 32.8 Å². The quantitative estimate of drug-likeness (QED) is 0.828. The van der Waals surface area contributed by atoms with Crippen LogP contribution in [-0.4, -0.2) is 75.6 Å². The summed E-state index contributed by atoms with van der Waals surface area (Å²) in [6.07, 6.45) is 4.37. The first-order valence-corrected chi connectivity index (χ1v) is 9.47. The first kappa shape index (κ1) is 16.6. The average Bonchev–Trinajstić information content (AvgIpc) is 3.30. The van der Waals surface area contributed by atoms with Crippen LogP contribution in [-0.2, 0) is 4.74 Å². The van der Waals surface area contributed by atoms with Gasteiger partial charge in [0.1, 0.15) is 5.69 Å². The summed E-state index contributed by atoms with van der Waals surface area (Å²) >= 11 is 1.41. The first-order chi connectivity index (χ1) is 12.2. The number of morpholine rings is 1. The van der Waals surface area contributed by atoms with Crippen LogP contribution in [0.1, 0.15) is 23.8 Å². The summed E-state index contributed by atoms with van der Waals surface area (Å²) in [5.41, 5.74) is 0.488. The highest BCUT2D eigenvalue weighted by Gasteiger charge is 2.38. The molecule has 0 aliphatic carbocycles. The molecular weight excluding hydrogens is 338 g/mol. The number of likely N-dealkylation sites (tertiary alicyclic amines) is 1. The van der Waals surface area contributed by atoms with Crippen LogP contribution in [0.3, 0.4) is 0 Å². The monoisotopic (exact) mass is 359 g/mol. The molecule has 7 nitrogen and oxygen atoms in total. The molecule has 2 aliphatic heterocycles. The fraction of sp³-hybridized carbons (Fsp3) is 0.529. The van der Waals surface area contributed by atoms with E-state index in [9.17, 15) is 4.79 Å². The molecule has 2 aliphatic rings. The molecule has 2 aromatic heterocycles. The smallest absolute Gasteiger partial charge is 0.273 e. The molecule has 0 spiro atoms. The normalized spacial score (nSPS) is 24.6. The fourth-order valence-corrected chi connectivity index (χ4v) is 4.38. The van der Waals surface area contributed by atoms with E-state index in [0.29, 0.717) is 22.6 Å². The molecule has 2 atom stereocenters. The van der Waals surface area contributed by atoms with Crippen LogP contribution in [0.2, 0.25) is 0 Å². The Balaban J connectivity index is 1.47. The number of ether oxygens (including phenoxy) is 1. The highest BCUT2D eigenvalue weighted by molar-refractivity contribution is 7.13. The summed E-state index contributed by atoms with van der Waals surface area (Å²) in [6.45, 7) is 6.37. The molecule has 2 fully saturated rings. The number of rotatable bonds is 3. The van der Waals surface area contributed by atoms with Crippen molar-refractivity contribution < 1.29 is 9.53 Å². The zero-order chi connectivity index (χ0) is 17.2. The van der Waals surface area contributed by atoms with E-state index in [1.807, 2.05) is 10.3 Å². The number of thiazole rings is 1. The third kappa shape index (κ3) is 3.29. The van der Waals surface area contributed by atoms with Crippen molar-refractivity contribution in [3.05, 3.63) is 29.5 Å². The lowest BCUT2D eigenvalue weighted by Gasteiger charge is -2.35. The third-order valence-electron chi connectivity index (χ3n) is 4.97. The minimum atomic E-state index is 0.00157. The SMILES string of the molecule is C[C@@H]1[C@H](N2CCOCC2)CCN1C(=O)c1csc(-c2ncccn2)n1. The zero-order valence-corrected chi connectivity index (χ0v) is 15.0. The fourth-order valence-electron chi connectivity index (χ4n) is 3.64. The second-order valence-corrected chi connectivity index (χ2v) is 7.21. The van der Waals surface area contributed by atoms with Gasteiger partial charge >= 0.3 is 0 Å². The minimum absolute atomic E-state index is 0.00157. The molecule has 4 heterocycles. The number of carbonyl (C=O) groups excluding carboxylic acids is 1. The van der Waals surface area contributed by atoms with Crippen molar-refractivity contribution in [1.82, 2.24) is 24.8 Å². The number of aromatic nitrogens is 3. The Morgan fingerprint density at radius 2 is 2.00 bits per heavy atom. The van der Waals surface area contributed by atoms with Gasteiger partial charge in [-0.2, -0.15) is 0 Å². The number of hydrogen-bond donors (Lipinski definition) is 0. The van der Waals surface area contributed by atoms with Gasteiger partial charge in [0.05, 0.1) is 13.2 Å². The van der Waals surface area contributed by atoms with E-state index in [2.05, 4.69) is 26.8 Å². The molecule has 0 bridgehead atoms. The maximum Gasteiger partial charge on any atom is 0.273 e. The molecule has 0 N–H and O–H groups in total. The maximum absolute atomic E-state index is 12.9. The summed E-state index contributed by atoms with van der Waals surface area (Å²) in [7, 11) is 0. The third-order valence-corrected chi connectivity index (χ3v) is 5.81. The first-order valence-electron chi connectivity index (χ1n) is 8.60. The largest absolute Gasteiger partial charge is 0.379 e. The van der Waals surface area contributed by atoms with Crippen LogP contribution < -0.4 is 0 Å². The summed E-state index contributed by atoms with van der Waals surface area (Å²) in [5.74, 6) is 0.564. The average molecular weight is 359 g/mol. The number of carbonyl (C=O) groups is 1. The van der Waals surface area contributed by atoms with Gasteiger partial charge < -0.3 is 9.64 Å². The van der Waals surface area contributed by atoms with E-state index in [-0.39, 0.29) is 11.9 Å². The molecule has 1 amide bonds. The van der Waals surface area contributed by atoms with E-state index < -0.39 is 0 Å². The molecule has 2 aromatic rings. The maximum atomic E-state index is 12.9. The van der Waals surface area contributed by atoms with Crippen LogP contribution in [0.5, 0.6) is 0 Å². The van der Waals surface area contributed by atoms with E-state index in [1.54, 1.807) is 18.5 Å². The predicted molar refractivity (Wildman–Crippen MR) is 94.4 cm³/mol. The van der Waals surface area contributed by atoms with E-state index in [0.717, 1.165) is 39.3 Å². The predicted octanol–water partition coefficient (Wildman–Crippen LogP) is 1.54. The van der Waals surface area contributed by atoms with E-state index >= 15 is 0 Å². The summed E-state index contributed by atoms with van der Waals surface area (Å²) in [5, 5.41) is 2.49. The zero-order valence-electron chi connectivity index (χ0n) is 14.2. The van der Waals surface area contributed by atoms with Crippen LogP contribution in [0.25, 0.3) is 10.8 Å². The summed E-state index contributed by atoms with van der Waals surface area (Å²) in [6, 6.07) is 2.35. The Kier molecular flexibility index (Phi) is 4.74. The topological polar surface area (TPSA) is 71.5 Å². The molecule has 2 saturated heterocycles. The van der Waals surface area contributed by atoms with Gasteiger partial charge in [-0.15, -0.1) is 11.3 Å². The van der Waals surface area contributed by atoms with Crippen LogP contribution in [0.4, 0.5) is 0 Å². The van der Waals surface area contributed by atoms with Crippen LogP contribution in [0, 0.1) is 0 Å². The highest BCUT2D eigenvalue weighted by atomic mass is 32.1. The molecule has 4 rings (SSSR count). The summed E-state index contributed by atoms with van der Waals surface area (Å²) in [4.78, 5) is 30.2. The minimum Gasteiger partial charge on any atom is -0.379 e. The molecule has 0 saturated carbocycles. The van der Waals surface area contributed by atoms with Crippen LogP contribution in [0.15, 0.2) is 23.8 Å². The number of hydrogen-bond acceptors (Lipinski definition) is 7. The van der Waals surface area contributed by atoms with Gasteiger partial charge in [-0.25, -0.2) is 15.0 Å². The van der Waals surface area contributed by atoms with Gasteiger partial charge in [-0.1, -0.05) is 0 Å². The van der Waals surface area contributed by atoms with E-state index in [1.165, 1.54) is 11.3 Å². The number of nitrogens with zero attached hydrogens (tertiary/aromatic N) is 5. The van der Waals surface area contributed by atoms with Gasteiger partial charge in [0.2, 0.25) is 0 Å². The Labute approximate surface area is 150 Å². The molecule has 8 heteroatoms. The van der Waals surface area contributed by atoms with Crippen molar-refractivity contribution in [1.29, 1.82) is 0 Å². The molecule has 0 unspecified atom stereocenters. The molecule has 25 heavy (non-hydrogen) atoms. The van der Waals surface area contributed by atoms with Gasteiger partial charge in [0, 0.05) is 49.5 Å². The van der Waals surface area contributed by atoms with Gasteiger partial charge in [0.25, 0.3) is 5.91 Å². The van der Waals surface area contributed by atoms with Crippen molar-refractivity contribution in [2.45, 2.75) is 25.4 Å².